The van der Waals surface area contributed by atoms with Crippen molar-refractivity contribution < 1.29 is 8.83 Å². The van der Waals surface area contributed by atoms with Crippen LogP contribution in [0.3, 0.4) is 0 Å². The largest absolute Gasteiger partial charge is 0.456 e. The van der Waals surface area contributed by atoms with E-state index in [4.69, 9.17) is 15.4 Å². The van der Waals surface area contributed by atoms with Gasteiger partial charge in [-0.2, -0.15) is 5.26 Å². The van der Waals surface area contributed by atoms with Crippen molar-refractivity contribution in [2.24, 2.45) is 0 Å². The summed E-state index contributed by atoms with van der Waals surface area (Å²) in [6, 6.07) is 62.9. The van der Waals surface area contributed by atoms with Crippen molar-refractivity contribution in [2.75, 3.05) is 0 Å². The number of hydrogen-bond acceptors (Lipinski definition) is 3. The maximum atomic E-state index is 11.4. The van der Waals surface area contributed by atoms with E-state index >= 15 is 0 Å². The quantitative estimate of drug-likeness (QED) is 0.167. The molecule has 0 aliphatic rings. The maximum absolute atomic E-state index is 11.4. The number of nitrogens with zero attached hydrogens (tertiary/aromatic N) is 5. The Morgan fingerprint density at radius 1 is 0.365 bits per heavy atom. The second-order valence-electron chi connectivity index (χ2n) is 16.2. The van der Waals surface area contributed by atoms with Crippen molar-refractivity contribution in [3.05, 3.63) is 193 Å². The molecule has 0 radical (unpaired) electrons. The van der Waals surface area contributed by atoms with Gasteiger partial charge in [-0.05, 0) is 54.6 Å². The third-order valence-electron chi connectivity index (χ3n) is 13.1. The smallest absolute Gasteiger partial charge is 0.214 e. The molecule has 0 amide bonds. The molecule has 14 rings (SSSR count). The van der Waals surface area contributed by atoms with Crippen LogP contribution in [-0.4, -0.2) is 13.7 Å². The lowest BCUT2D eigenvalue weighted by atomic mass is 10.1. The zero-order valence-electron chi connectivity index (χ0n) is 33.3. The Labute approximate surface area is 357 Å². The fraction of sp³-hybridized carbons (Fsp3) is 0. The zero-order valence-corrected chi connectivity index (χ0v) is 33.3. The van der Waals surface area contributed by atoms with Gasteiger partial charge in [0.25, 0.3) is 0 Å². The first-order valence-electron chi connectivity index (χ1n) is 20.9. The Morgan fingerprint density at radius 2 is 0.746 bits per heavy atom. The summed E-state index contributed by atoms with van der Waals surface area (Å²) in [6.45, 7) is 8.93. The molecule has 0 N–H and O–H groups in total. The summed E-state index contributed by atoms with van der Waals surface area (Å²) in [7, 11) is 0. The second-order valence-corrected chi connectivity index (χ2v) is 16.2. The number of nitriles is 1. The third kappa shape index (κ3) is 4.39. The molecular weight excluding hydrogens is 775 g/mol. The number of furan rings is 2. The fourth-order valence-electron chi connectivity index (χ4n) is 10.5. The van der Waals surface area contributed by atoms with Gasteiger partial charge in [-0.1, -0.05) is 109 Å². The van der Waals surface area contributed by atoms with Gasteiger partial charge >= 0.3 is 0 Å². The lowest BCUT2D eigenvalue weighted by Crippen LogP contribution is -2.11. The first kappa shape index (κ1) is 33.8. The van der Waals surface area contributed by atoms with Crippen LogP contribution in [0.4, 0.5) is 5.69 Å². The van der Waals surface area contributed by atoms with Crippen LogP contribution in [-0.2, 0) is 0 Å². The van der Waals surface area contributed by atoms with Gasteiger partial charge < -0.3 is 22.5 Å². The molecule has 0 saturated heterocycles. The highest BCUT2D eigenvalue weighted by Gasteiger charge is 2.30. The van der Waals surface area contributed by atoms with Crippen molar-refractivity contribution in [3.8, 4) is 23.1 Å². The average molecular weight is 804 g/mol. The van der Waals surface area contributed by atoms with Crippen molar-refractivity contribution in [1.82, 2.24) is 13.7 Å². The van der Waals surface area contributed by atoms with Crippen LogP contribution in [0, 0.1) is 17.9 Å². The van der Waals surface area contributed by atoms with Gasteiger partial charge in [0.15, 0.2) is 0 Å². The van der Waals surface area contributed by atoms with Crippen LogP contribution < -0.4 is 0 Å². The van der Waals surface area contributed by atoms with Gasteiger partial charge in [-0.3, -0.25) is 0 Å². The highest BCUT2D eigenvalue weighted by molar-refractivity contribution is 6.20. The zero-order chi connectivity index (χ0) is 41.5. The van der Waals surface area contributed by atoms with Crippen LogP contribution in [0.25, 0.3) is 131 Å². The molecule has 5 aromatic heterocycles. The summed E-state index contributed by atoms with van der Waals surface area (Å²) in [6.07, 6.45) is 0. The molecule has 0 unspecified atom stereocenters. The van der Waals surface area contributed by atoms with Crippen molar-refractivity contribution in [1.29, 1.82) is 5.26 Å². The van der Waals surface area contributed by atoms with E-state index in [1.807, 2.05) is 48.5 Å². The number of para-hydroxylation sites is 6. The highest BCUT2D eigenvalue weighted by Crippen LogP contribution is 2.49. The van der Waals surface area contributed by atoms with Gasteiger partial charge in [0.1, 0.15) is 28.4 Å². The fourth-order valence-corrected chi connectivity index (χ4v) is 10.5. The van der Waals surface area contributed by atoms with E-state index in [1.54, 1.807) is 6.07 Å². The minimum atomic E-state index is 0.347. The van der Waals surface area contributed by atoms with E-state index in [0.29, 0.717) is 28.3 Å². The predicted molar refractivity (Wildman–Crippen MR) is 255 cm³/mol. The molecule has 14 aromatic rings. The summed E-state index contributed by atoms with van der Waals surface area (Å²) >= 11 is 0. The molecule has 0 aliphatic heterocycles. The average Bonchev–Trinajstić information content (AvgIpc) is 4.13. The van der Waals surface area contributed by atoms with E-state index in [0.717, 1.165) is 109 Å². The standard InChI is InChI=1S/C56H29N5O2/c1-58-43-26-32(31-57)54(60-46-22-10-4-16-35(46)39-27-41-37-18-6-12-24-50(37)62-52(41)29-48(39)60)56(59-44-20-8-2-14-33(44)34-15-3-9-21-45(34)59)55(43)61-47-23-11-5-17-36(47)40-28-42-38-19-7-13-25-51(38)63-53(42)30-49(40)61/h2-30H. The highest BCUT2D eigenvalue weighted by atomic mass is 16.3. The Kier molecular flexibility index (Phi) is 6.57. The van der Waals surface area contributed by atoms with Gasteiger partial charge in [-0.15, -0.1) is 0 Å². The Morgan fingerprint density at radius 3 is 1.19 bits per heavy atom. The molecule has 0 bridgehead atoms. The van der Waals surface area contributed by atoms with Crippen LogP contribution in [0.2, 0.25) is 0 Å². The monoisotopic (exact) mass is 803 g/mol. The van der Waals surface area contributed by atoms with Gasteiger partial charge in [0, 0.05) is 66.0 Å². The topological polar surface area (TPSA) is 69.2 Å². The number of rotatable bonds is 3. The predicted octanol–water partition coefficient (Wildman–Crippen LogP) is 15.2. The summed E-state index contributed by atoms with van der Waals surface area (Å²) in [5, 5.41) is 21.8. The van der Waals surface area contributed by atoms with E-state index < -0.39 is 0 Å². The third-order valence-corrected chi connectivity index (χ3v) is 13.1. The Hall–Kier alpha value is -9.04. The van der Waals surface area contributed by atoms with Crippen LogP contribution in [0.1, 0.15) is 5.56 Å². The summed E-state index contributed by atoms with van der Waals surface area (Å²) < 4.78 is 19.8. The van der Waals surface area contributed by atoms with Crippen molar-refractivity contribution in [3.63, 3.8) is 0 Å². The Bertz CT molecular complexity index is 4140. The molecule has 5 heterocycles. The van der Waals surface area contributed by atoms with E-state index in [2.05, 4.69) is 146 Å². The van der Waals surface area contributed by atoms with Crippen LogP contribution in [0.5, 0.6) is 0 Å². The maximum Gasteiger partial charge on any atom is 0.214 e. The SMILES string of the molecule is [C-]#[N+]c1cc(C#N)c(-n2c3ccccc3c3cc4c(cc32)oc2ccccc24)c(-n2c3ccccc3c3ccccc32)c1-n1c2ccccc2c2cc3c(cc21)oc1ccccc13. The normalized spacial score (nSPS) is 12.1. The summed E-state index contributed by atoms with van der Waals surface area (Å²) in [5.41, 5.74) is 11.4. The first-order valence-corrected chi connectivity index (χ1v) is 20.9. The number of aromatic nitrogens is 3. The minimum absolute atomic E-state index is 0.347. The number of fused-ring (bicyclic) bond motifs is 15. The van der Waals surface area contributed by atoms with Crippen molar-refractivity contribution in [2.45, 2.75) is 0 Å². The molecule has 63 heavy (non-hydrogen) atoms. The molecule has 0 saturated carbocycles. The summed E-state index contributed by atoms with van der Waals surface area (Å²) in [5.74, 6) is 0. The molecule has 0 fully saturated rings. The Balaban J connectivity index is 1.24. The molecule has 7 nitrogen and oxygen atoms in total. The van der Waals surface area contributed by atoms with E-state index in [9.17, 15) is 5.26 Å². The van der Waals surface area contributed by atoms with Crippen molar-refractivity contribution >= 4 is 115 Å². The van der Waals surface area contributed by atoms with Crippen LogP contribution in [0.15, 0.2) is 185 Å². The molecule has 0 spiro atoms. The molecular formula is C56H29N5O2. The second kappa shape index (κ2) is 12.3. The summed E-state index contributed by atoms with van der Waals surface area (Å²) in [4.78, 5) is 4.31. The number of hydrogen-bond donors (Lipinski definition) is 0. The van der Waals surface area contributed by atoms with Gasteiger partial charge in [0.2, 0.25) is 5.69 Å². The molecule has 0 aliphatic carbocycles. The number of benzene rings is 9. The molecule has 0 atom stereocenters. The minimum Gasteiger partial charge on any atom is -0.456 e. The lowest BCUT2D eigenvalue weighted by molar-refractivity contribution is 0.669. The lowest BCUT2D eigenvalue weighted by Gasteiger charge is -2.24. The molecule has 9 aromatic carbocycles. The molecule has 290 valence electrons. The van der Waals surface area contributed by atoms with E-state index in [1.165, 1.54) is 0 Å². The molecule has 7 heteroatoms. The van der Waals surface area contributed by atoms with Gasteiger partial charge in [-0.25, -0.2) is 4.85 Å². The van der Waals surface area contributed by atoms with E-state index in [-0.39, 0.29) is 0 Å². The van der Waals surface area contributed by atoms with Crippen LogP contribution >= 0.6 is 0 Å². The first-order chi connectivity index (χ1) is 31.2. The van der Waals surface area contributed by atoms with Gasteiger partial charge in [0.05, 0.1) is 62.3 Å².